The van der Waals surface area contributed by atoms with Crippen LogP contribution in [0.2, 0.25) is 0 Å². The molecule has 2 rings (SSSR count). The second-order valence-corrected chi connectivity index (χ2v) is 4.73. The number of rotatable bonds is 5. The van der Waals surface area contributed by atoms with Crippen LogP contribution in [0.25, 0.3) is 0 Å². The maximum atomic E-state index is 4.18. The van der Waals surface area contributed by atoms with Crippen molar-refractivity contribution in [2.75, 3.05) is 6.54 Å². The maximum absolute atomic E-state index is 4.18. The second kappa shape index (κ2) is 5.83. The summed E-state index contributed by atoms with van der Waals surface area (Å²) < 4.78 is 1.93. The van der Waals surface area contributed by atoms with Gasteiger partial charge >= 0.3 is 0 Å². The van der Waals surface area contributed by atoms with Crippen LogP contribution in [0.5, 0.6) is 0 Å². The Morgan fingerprint density at radius 1 is 1.28 bits per heavy atom. The molecule has 2 aromatic rings. The lowest BCUT2D eigenvalue weighted by Gasteiger charge is -2.16. The highest BCUT2D eigenvalue weighted by Crippen LogP contribution is 2.16. The Hall–Kier alpha value is -1.61. The topological polar surface area (TPSA) is 29.9 Å². The quantitative estimate of drug-likeness (QED) is 0.875. The lowest BCUT2D eigenvalue weighted by Crippen LogP contribution is -2.22. The molecule has 0 aliphatic rings. The van der Waals surface area contributed by atoms with Crippen molar-refractivity contribution in [2.45, 2.75) is 26.3 Å². The first-order valence-electron chi connectivity index (χ1n) is 6.44. The SMILES string of the molecule is Cc1ccccc1[C@@H](C)NCCc1ccnn1C. The van der Waals surface area contributed by atoms with Crippen molar-refractivity contribution in [3.05, 3.63) is 53.3 Å². The Bertz CT molecular complexity index is 502. The summed E-state index contributed by atoms with van der Waals surface area (Å²) in [4.78, 5) is 0. The number of nitrogens with zero attached hydrogens (tertiary/aromatic N) is 2. The molecule has 0 aliphatic heterocycles. The summed E-state index contributed by atoms with van der Waals surface area (Å²) in [5.74, 6) is 0. The van der Waals surface area contributed by atoms with Crippen molar-refractivity contribution in [1.29, 1.82) is 0 Å². The molecule has 0 saturated heterocycles. The number of aromatic nitrogens is 2. The van der Waals surface area contributed by atoms with Gasteiger partial charge in [0.25, 0.3) is 0 Å². The smallest absolute Gasteiger partial charge is 0.0492 e. The van der Waals surface area contributed by atoms with Gasteiger partial charge in [-0.1, -0.05) is 24.3 Å². The van der Waals surface area contributed by atoms with Gasteiger partial charge in [0.2, 0.25) is 0 Å². The molecule has 0 unspecified atom stereocenters. The third kappa shape index (κ3) is 2.99. The first-order chi connectivity index (χ1) is 8.68. The number of aryl methyl sites for hydroxylation is 2. The van der Waals surface area contributed by atoms with E-state index in [9.17, 15) is 0 Å². The van der Waals surface area contributed by atoms with Gasteiger partial charge in [0.1, 0.15) is 0 Å². The Labute approximate surface area is 109 Å². The lowest BCUT2D eigenvalue weighted by molar-refractivity contribution is 0.562. The number of nitrogens with one attached hydrogen (secondary N) is 1. The summed E-state index contributed by atoms with van der Waals surface area (Å²) in [5, 5.41) is 7.74. The highest BCUT2D eigenvalue weighted by atomic mass is 15.3. The fourth-order valence-corrected chi connectivity index (χ4v) is 2.25. The van der Waals surface area contributed by atoms with Gasteiger partial charge in [-0.3, -0.25) is 4.68 Å². The molecular formula is C15H21N3. The largest absolute Gasteiger partial charge is 0.310 e. The van der Waals surface area contributed by atoms with E-state index in [2.05, 4.69) is 54.6 Å². The van der Waals surface area contributed by atoms with Gasteiger partial charge in [-0.25, -0.2) is 0 Å². The van der Waals surface area contributed by atoms with E-state index in [4.69, 9.17) is 0 Å². The van der Waals surface area contributed by atoms with Crippen LogP contribution in [0.1, 0.15) is 29.8 Å². The molecule has 0 radical (unpaired) electrons. The van der Waals surface area contributed by atoms with Gasteiger partial charge < -0.3 is 5.32 Å². The molecule has 1 aromatic heterocycles. The summed E-state index contributed by atoms with van der Waals surface area (Å²) >= 11 is 0. The van der Waals surface area contributed by atoms with E-state index in [-0.39, 0.29) is 0 Å². The first-order valence-corrected chi connectivity index (χ1v) is 6.44. The molecular weight excluding hydrogens is 222 g/mol. The molecule has 0 fully saturated rings. The van der Waals surface area contributed by atoms with Crippen molar-refractivity contribution in [1.82, 2.24) is 15.1 Å². The van der Waals surface area contributed by atoms with E-state index in [0.717, 1.165) is 13.0 Å². The molecule has 1 aromatic carbocycles. The first kappa shape index (κ1) is 12.8. The molecule has 96 valence electrons. The molecule has 1 N–H and O–H groups in total. The van der Waals surface area contributed by atoms with Crippen molar-refractivity contribution in [3.8, 4) is 0 Å². The van der Waals surface area contributed by atoms with Gasteiger partial charge in [0.05, 0.1) is 0 Å². The Kier molecular flexibility index (Phi) is 4.15. The molecule has 18 heavy (non-hydrogen) atoms. The minimum absolute atomic E-state index is 0.388. The summed E-state index contributed by atoms with van der Waals surface area (Å²) in [6, 6.07) is 11.0. The minimum atomic E-state index is 0.388. The van der Waals surface area contributed by atoms with Crippen molar-refractivity contribution in [2.24, 2.45) is 7.05 Å². The van der Waals surface area contributed by atoms with Crippen molar-refractivity contribution in [3.63, 3.8) is 0 Å². The van der Waals surface area contributed by atoms with Crippen LogP contribution < -0.4 is 5.32 Å². The van der Waals surface area contributed by atoms with Crippen LogP contribution in [-0.4, -0.2) is 16.3 Å². The van der Waals surface area contributed by atoms with Gasteiger partial charge in [0, 0.05) is 37.9 Å². The van der Waals surface area contributed by atoms with Gasteiger partial charge in [0.15, 0.2) is 0 Å². The van der Waals surface area contributed by atoms with E-state index in [0.29, 0.717) is 6.04 Å². The summed E-state index contributed by atoms with van der Waals surface area (Å²) in [6.07, 6.45) is 2.85. The number of hydrogen-bond donors (Lipinski definition) is 1. The monoisotopic (exact) mass is 243 g/mol. The molecule has 0 amide bonds. The highest BCUT2D eigenvalue weighted by Gasteiger charge is 2.07. The summed E-state index contributed by atoms with van der Waals surface area (Å²) in [5.41, 5.74) is 3.99. The third-order valence-corrected chi connectivity index (χ3v) is 3.41. The van der Waals surface area contributed by atoms with Gasteiger partial charge in [-0.2, -0.15) is 5.10 Å². The fraction of sp³-hybridized carbons (Fsp3) is 0.400. The Morgan fingerprint density at radius 3 is 2.72 bits per heavy atom. The maximum Gasteiger partial charge on any atom is 0.0492 e. The molecule has 3 heteroatoms. The van der Waals surface area contributed by atoms with Gasteiger partial charge in [-0.15, -0.1) is 0 Å². The van der Waals surface area contributed by atoms with Crippen LogP contribution in [0.3, 0.4) is 0 Å². The summed E-state index contributed by atoms with van der Waals surface area (Å²) in [6.45, 7) is 5.34. The van der Waals surface area contributed by atoms with Crippen LogP contribution >= 0.6 is 0 Å². The Balaban J connectivity index is 1.87. The van der Waals surface area contributed by atoms with E-state index >= 15 is 0 Å². The molecule has 1 atom stereocenters. The van der Waals surface area contributed by atoms with E-state index in [1.807, 2.05) is 17.9 Å². The third-order valence-electron chi connectivity index (χ3n) is 3.41. The van der Waals surface area contributed by atoms with Crippen LogP contribution in [0, 0.1) is 6.92 Å². The van der Waals surface area contributed by atoms with Crippen LogP contribution in [-0.2, 0) is 13.5 Å². The normalized spacial score (nSPS) is 12.6. The molecule has 3 nitrogen and oxygen atoms in total. The molecule has 0 bridgehead atoms. The van der Waals surface area contributed by atoms with E-state index in [1.54, 1.807) is 0 Å². The number of hydrogen-bond acceptors (Lipinski definition) is 2. The highest BCUT2D eigenvalue weighted by molar-refractivity contribution is 5.28. The summed E-state index contributed by atoms with van der Waals surface area (Å²) in [7, 11) is 1.99. The van der Waals surface area contributed by atoms with E-state index in [1.165, 1.54) is 16.8 Å². The predicted octanol–water partition coefficient (Wildman–Crippen LogP) is 2.62. The van der Waals surface area contributed by atoms with Gasteiger partial charge in [-0.05, 0) is 31.0 Å². The average molecular weight is 243 g/mol. The van der Waals surface area contributed by atoms with E-state index < -0.39 is 0 Å². The standard InChI is InChI=1S/C15H21N3/c1-12-6-4-5-7-15(12)13(2)16-10-8-14-9-11-17-18(14)3/h4-7,9,11,13,16H,8,10H2,1-3H3/t13-/m1/s1. The predicted molar refractivity (Wildman–Crippen MR) is 74.5 cm³/mol. The zero-order valence-electron chi connectivity index (χ0n) is 11.4. The molecule has 1 heterocycles. The average Bonchev–Trinajstić information content (AvgIpc) is 2.75. The zero-order chi connectivity index (χ0) is 13.0. The van der Waals surface area contributed by atoms with Crippen molar-refractivity contribution < 1.29 is 0 Å². The molecule has 0 spiro atoms. The number of benzene rings is 1. The second-order valence-electron chi connectivity index (χ2n) is 4.73. The fourth-order valence-electron chi connectivity index (χ4n) is 2.25. The lowest BCUT2D eigenvalue weighted by atomic mass is 10.0. The zero-order valence-corrected chi connectivity index (χ0v) is 11.4. The minimum Gasteiger partial charge on any atom is -0.310 e. The van der Waals surface area contributed by atoms with Crippen molar-refractivity contribution >= 4 is 0 Å². The Morgan fingerprint density at radius 2 is 2.06 bits per heavy atom. The molecule has 0 aliphatic carbocycles. The van der Waals surface area contributed by atoms with Crippen LogP contribution in [0.15, 0.2) is 36.5 Å². The van der Waals surface area contributed by atoms with Crippen LogP contribution in [0.4, 0.5) is 0 Å². The molecule has 0 saturated carbocycles.